The van der Waals surface area contributed by atoms with Crippen LogP contribution in [0.5, 0.6) is 5.75 Å². The summed E-state index contributed by atoms with van der Waals surface area (Å²) in [6, 6.07) is 23.3. The molecular weight excluding hydrogens is 424 g/mol. The van der Waals surface area contributed by atoms with E-state index >= 15 is 0 Å². The summed E-state index contributed by atoms with van der Waals surface area (Å²) in [5.41, 5.74) is 5.78. The molecule has 172 valence electrons. The van der Waals surface area contributed by atoms with E-state index in [2.05, 4.69) is 17.0 Å². The number of amides is 2. The maximum absolute atomic E-state index is 13.8. The molecule has 5 rings (SSSR count). The third-order valence-corrected chi connectivity index (χ3v) is 6.31. The average Bonchev–Trinajstić information content (AvgIpc) is 3.09. The first-order chi connectivity index (χ1) is 16.4. The first-order valence-corrected chi connectivity index (χ1v) is 11.7. The van der Waals surface area contributed by atoms with Gasteiger partial charge in [0.1, 0.15) is 11.4 Å². The Kier molecular flexibility index (Phi) is 5.70. The number of fused-ring (bicyclic) bond motifs is 1. The van der Waals surface area contributed by atoms with Crippen LogP contribution in [0.3, 0.4) is 0 Å². The quantitative estimate of drug-likeness (QED) is 0.504. The molecule has 0 unspecified atom stereocenters. The average molecular weight is 453 g/mol. The number of anilines is 1. The number of hydrogen-bond acceptors (Lipinski definition) is 4. The number of carbonyl (C=O) groups is 2. The van der Waals surface area contributed by atoms with Crippen molar-refractivity contribution in [3.63, 3.8) is 0 Å². The summed E-state index contributed by atoms with van der Waals surface area (Å²) in [5, 5.41) is 0. The van der Waals surface area contributed by atoms with Crippen molar-refractivity contribution in [2.24, 2.45) is 0 Å². The van der Waals surface area contributed by atoms with Gasteiger partial charge in [0.15, 0.2) is 0 Å². The van der Waals surface area contributed by atoms with Gasteiger partial charge in [0, 0.05) is 13.1 Å². The minimum atomic E-state index is -0.291. The van der Waals surface area contributed by atoms with E-state index in [4.69, 9.17) is 4.74 Å². The van der Waals surface area contributed by atoms with E-state index < -0.39 is 0 Å². The van der Waals surface area contributed by atoms with Gasteiger partial charge in [-0.25, -0.2) is 4.90 Å². The van der Waals surface area contributed by atoms with E-state index in [-0.39, 0.29) is 17.9 Å². The van der Waals surface area contributed by atoms with E-state index in [0.717, 1.165) is 23.3 Å². The fraction of sp³-hybridized carbons (Fsp3) is 0.241. The monoisotopic (exact) mass is 452 g/mol. The summed E-state index contributed by atoms with van der Waals surface area (Å²) in [6.07, 6.45) is 0.890. The maximum atomic E-state index is 13.8. The summed E-state index contributed by atoms with van der Waals surface area (Å²) in [4.78, 5) is 30.9. The molecule has 2 amide bonds. The zero-order chi connectivity index (χ0) is 23.8. The van der Waals surface area contributed by atoms with Crippen LogP contribution >= 0.6 is 0 Å². The van der Waals surface area contributed by atoms with Crippen molar-refractivity contribution in [3.8, 4) is 5.75 Å². The van der Waals surface area contributed by atoms with Gasteiger partial charge in [0.05, 0.1) is 17.4 Å². The predicted octanol–water partition coefficient (Wildman–Crippen LogP) is 5.13. The minimum Gasteiger partial charge on any atom is -0.491 e. The fourth-order valence-corrected chi connectivity index (χ4v) is 4.66. The molecule has 0 aromatic heterocycles. The number of nitrogens with zero attached hydrogens (tertiary/aromatic N) is 2. The lowest BCUT2D eigenvalue weighted by molar-refractivity contribution is -0.120. The third-order valence-electron chi connectivity index (χ3n) is 6.31. The molecule has 5 heteroatoms. The van der Waals surface area contributed by atoms with Crippen LogP contribution in [0.4, 0.5) is 5.69 Å². The Hall–Kier alpha value is -3.86. The molecule has 2 aliphatic heterocycles. The van der Waals surface area contributed by atoms with Crippen LogP contribution in [0.2, 0.25) is 0 Å². The number of aryl methyl sites for hydroxylation is 1. The molecule has 0 spiro atoms. The standard InChI is InChI=1S/C29H28N2O3/c1-19(2)34-25-14-10-22(11-15-25)26-27(30-17-16-21-6-4-5-7-23(21)18-30)29(33)31(28(26)32)24-12-8-20(3)9-13-24/h4-15,19H,16-18H2,1-3H3. The normalized spacial score (nSPS) is 15.9. The Morgan fingerprint density at radius 3 is 2.18 bits per heavy atom. The molecule has 0 N–H and O–H groups in total. The zero-order valence-corrected chi connectivity index (χ0v) is 19.7. The van der Waals surface area contributed by atoms with Crippen molar-refractivity contribution in [1.29, 1.82) is 0 Å². The van der Waals surface area contributed by atoms with Crippen LogP contribution in [-0.2, 0) is 22.6 Å². The first-order valence-electron chi connectivity index (χ1n) is 11.7. The van der Waals surface area contributed by atoms with Crippen molar-refractivity contribution >= 4 is 23.1 Å². The summed E-state index contributed by atoms with van der Waals surface area (Å²) >= 11 is 0. The summed E-state index contributed by atoms with van der Waals surface area (Å²) in [5.74, 6) is 0.172. The Balaban J connectivity index is 1.58. The zero-order valence-electron chi connectivity index (χ0n) is 19.7. The fourth-order valence-electron chi connectivity index (χ4n) is 4.66. The summed E-state index contributed by atoms with van der Waals surface area (Å²) in [6.45, 7) is 7.22. The van der Waals surface area contributed by atoms with Gasteiger partial charge in [-0.1, -0.05) is 54.1 Å². The number of imide groups is 1. The molecule has 0 saturated heterocycles. The van der Waals surface area contributed by atoms with Gasteiger partial charge in [0.25, 0.3) is 11.8 Å². The second-order valence-corrected chi connectivity index (χ2v) is 9.14. The Labute approximate surface area is 200 Å². The van der Waals surface area contributed by atoms with Crippen LogP contribution in [0.1, 0.15) is 36.1 Å². The molecule has 5 nitrogen and oxygen atoms in total. The second kappa shape index (κ2) is 8.82. The van der Waals surface area contributed by atoms with E-state index in [1.807, 2.05) is 81.4 Å². The highest BCUT2D eigenvalue weighted by atomic mass is 16.5. The summed E-state index contributed by atoms with van der Waals surface area (Å²) < 4.78 is 5.77. The Morgan fingerprint density at radius 1 is 0.824 bits per heavy atom. The molecule has 0 saturated carbocycles. The molecule has 0 aliphatic carbocycles. The highest BCUT2D eigenvalue weighted by Gasteiger charge is 2.43. The van der Waals surface area contributed by atoms with E-state index in [1.165, 1.54) is 16.0 Å². The van der Waals surface area contributed by atoms with Gasteiger partial charge in [-0.3, -0.25) is 9.59 Å². The molecule has 0 atom stereocenters. The van der Waals surface area contributed by atoms with Crippen molar-refractivity contribution in [2.45, 2.75) is 39.8 Å². The van der Waals surface area contributed by atoms with E-state index in [9.17, 15) is 9.59 Å². The molecule has 3 aromatic carbocycles. The first kappa shape index (κ1) is 22.0. The molecular formula is C29H28N2O3. The van der Waals surface area contributed by atoms with E-state index in [1.54, 1.807) is 0 Å². The number of carbonyl (C=O) groups excluding carboxylic acids is 2. The smallest absolute Gasteiger partial charge is 0.282 e. The van der Waals surface area contributed by atoms with Crippen LogP contribution in [0.25, 0.3) is 5.57 Å². The van der Waals surface area contributed by atoms with Gasteiger partial charge < -0.3 is 9.64 Å². The van der Waals surface area contributed by atoms with Crippen molar-refractivity contribution in [1.82, 2.24) is 4.90 Å². The van der Waals surface area contributed by atoms with Crippen molar-refractivity contribution in [2.75, 3.05) is 11.4 Å². The number of hydrogen-bond donors (Lipinski definition) is 0. The van der Waals surface area contributed by atoms with Gasteiger partial charge in [-0.05, 0) is 68.1 Å². The van der Waals surface area contributed by atoms with Gasteiger partial charge in [-0.15, -0.1) is 0 Å². The highest BCUT2D eigenvalue weighted by molar-refractivity contribution is 6.45. The molecule has 2 aliphatic rings. The number of benzene rings is 3. The SMILES string of the molecule is Cc1ccc(N2C(=O)C(c3ccc(OC(C)C)cc3)=C(N3CCc4ccccc4C3)C2=O)cc1. The van der Waals surface area contributed by atoms with E-state index in [0.29, 0.717) is 30.0 Å². The lowest BCUT2D eigenvalue weighted by Gasteiger charge is -2.31. The van der Waals surface area contributed by atoms with Crippen LogP contribution in [0, 0.1) is 6.92 Å². The van der Waals surface area contributed by atoms with Gasteiger partial charge in [0.2, 0.25) is 0 Å². The molecule has 34 heavy (non-hydrogen) atoms. The van der Waals surface area contributed by atoms with Crippen molar-refractivity contribution in [3.05, 3.63) is 101 Å². The lowest BCUT2D eigenvalue weighted by atomic mass is 9.98. The summed E-state index contributed by atoms with van der Waals surface area (Å²) in [7, 11) is 0. The third kappa shape index (κ3) is 3.98. The Bertz CT molecular complexity index is 1270. The van der Waals surface area contributed by atoms with Gasteiger partial charge in [-0.2, -0.15) is 0 Å². The molecule has 0 bridgehead atoms. The largest absolute Gasteiger partial charge is 0.491 e. The molecule has 3 aromatic rings. The molecule has 2 heterocycles. The number of ether oxygens (including phenoxy) is 1. The van der Waals surface area contributed by atoms with Crippen LogP contribution in [0.15, 0.2) is 78.5 Å². The minimum absolute atomic E-state index is 0.0563. The van der Waals surface area contributed by atoms with Gasteiger partial charge >= 0.3 is 0 Å². The molecule has 0 radical (unpaired) electrons. The van der Waals surface area contributed by atoms with Crippen LogP contribution < -0.4 is 9.64 Å². The lowest BCUT2D eigenvalue weighted by Crippen LogP contribution is -2.37. The highest BCUT2D eigenvalue weighted by Crippen LogP contribution is 2.37. The number of rotatable bonds is 5. The maximum Gasteiger partial charge on any atom is 0.282 e. The van der Waals surface area contributed by atoms with Crippen molar-refractivity contribution < 1.29 is 14.3 Å². The molecule has 0 fully saturated rings. The Morgan fingerprint density at radius 2 is 1.50 bits per heavy atom. The predicted molar refractivity (Wildman–Crippen MR) is 133 cm³/mol. The van der Waals surface area contributed by atoms with Crippen LogP contribution in [-0.4, -0.2) is 29.4 Å². The second-order valence-electron chi connectivity index (χ2n) is 9.14. The topological polar surface area (TPSA) is 49.9 Å².